The zero-order valence-corrected chi connectivity index (χ0v) is 11.3. The lowest BCUT2D eigenvalue weighted by Crippen LogP contribution is -2.01. The zero-order valence-electron chi connectivity index (χ0n) is 10.5. The lowest BCUT2D eigenvalue weighted by molar-refractivity contribution is -0.0498. The van der Waals surface area contributed by atoms with Crippen LogP contribution in [0.1, 0.15) is 16.3 Å². The summed E-state index contributed by atoms with van der Waals surface area (Å²) in [4.78, 5) is 4.23. The molecule has 0 atom stereocenters. The molecule has 2 aromatic rings. The average Bonchev–Trinajstić information content (AvgIpc) is 2.82. The first-order valence-electron chi connectivity index (χ1n) is 5.67. The summed E-state index contributed by atoms with van der Waals surface area (Å²) < 4.78 is 28.6. The molecule has 0 saturated carbocycles. The van der Waals surface area contributed by atoms with Crippen LogP contribution in [0.3, 0.4) is 0 Å². The van der Waals surface area contributed by atoms with Crippen molar-refractivity contribution >= 4 is 23.0 Å². The van der Waals surface area contributed by atoms with Crippen LogP contribution in [0.25, 0.3) is 11.6 Å². The third-order valence-electron chi connectivity index (χ3n) is 2.36. The van der Waals surface area contributed by atoms with Crippen LogP contribution in [0.4, 0.5) is 8.78 Å². The van der Waals surface area contributed by atoms with Gasteiger partial charge in [-0.15, -0.1) is 11.3 Å². The van der Waals surface area contributed by atoms with Gasteiger partial charge in [-0.1, -0.05) is 12.1 Å². The van der Waals surface area contributed by atoms with Crippen molar-refractivity contribution in [2.45, 2.75) is 13.5 Å². The lowest BCUT2D eigenvalue weighted by atomic mass is 10.1. The van der Waals surface area contributed by atoms with Crippen LogP contribution < -0.4 is 4.74 Å². The topological polar surface area (TPSA) is 45.9 Å². The molecule has 2 rings (SSSR count). The number of nitrogens with zero attached hydrogens (tertiary/aromatic N) is 2. The Balaban J connectivity index is 2.31. The predicted molar refractivity (Wildman–Crippen MR) is 73.4 cm³/mol. The maximum atomic E-state index is 12.2. The number of nitriles is 1. The van der Waals surface area contributed by atoms with E-state index in [4.69, 9.17) is 5.26 Å². The maximum absolute atomic E-state index is 12.2. The molecule has 1 heterocycles. The minimum absolute atomic E-state index is 0.0568. The Morgan fingerprint density at radius 1 is 1.50 bits per heavy atom. The normalized spacial score (nSPS) is 11.4. The second-order valence-corrected chi connectivity index (χ2v) is 4.77. The van der Waals surface area contributed by atoms with Crippen molar-refractivity contribution in [2.24, 2.45) is 0 Å². The summed E-state index contributed by atoms with van der Waals surface area (Å²) in [6.45, 7) is -1.03. The predicted octanol–water partition coefficient (Wildman–Crippen LogP) is 4.12. The number of rotatable bonds is 4. The second kappa shape index (κ2) is 6.26. The van der Waals surface area contributed by atoms with Crippen LogP contribution in [0, 0.1) is 18.3 Å². The molecular formula is C14H10F2N2OS. The highest BCUT2D eigenvalue weighted by Gasteiger charge is 2.07. The van der Waals surface area contributed by atoms with Gasteiger partial charge in [0.05, 0.1) is 5.57 Å². The molecule has 20 heavy (non-hydrogen) atoms. The molecule has 1 aromatic heterocycles. The van der Waals surface area contributed by atoms with E-state index in [1.54, 1.807) is 18.2 Å². The number of aromatic nitrogens is 1. The molecule has 0 aliphatic rings. The molecule has 0 radical (unpaired) electrons. The van der Waals surface area contributed by atoms with Crippen molar-refractivity contribution in [3.05, 3.63) is 45.9 Å². The summed E-state index contributed by atoms with van der Waals surface area (Å²) in [5, 5.41) is 11.6. The fraction of sp³-hybridized carbons (Fsp3) is 0.143. The standard InChI is InChI=1S/C14H10F2N2OS/c1-9-8-20-13(18-9)11(7-17)5-10-3-2-4-12(6-10)19-14(15)16/h2-6,8,14H,1H3/b11-5-. The first-order chi connectivity index (χ1) is 9.58. The number of aryl methyl sites for hydroxylation is 1. The Hall–Kier alpha value is -2.26. The quantitative estimate of drug-likeness (QED) is 0.796. The Bertz CT molecular complexity index is 674. The number of alkyl halides is 2. The first kappa shape index (κ1) is 14.2. The number of benzene rings is 1. The molecule has 6 heteroatoms. The third-order valence-corrected chi connectivity index (χ3v) is 3.36. The van der Waals surface area contributed by atoms with Crippen molar-refractivity contribution in [2.75, 3.05) is 0 Å². The number of halogens is 2. The van der Waals surface area contributed by atoms with Gasteiger partial charge in [0.15, 0.2) is 0 Å². The Labute approximate surface area is 118 Å². The van der Waals surface area contributed by atoms with Crippen LogP contribution in [0.5, 0.6) is 5.75 Å². The van der Waals surface area contributed by atoms with Gasteiger partial charge in [-0.3, -0.25) is 0 Å². The van der Waals surface area contributed by atoms with Crippen LogP contribution in [0.15, 0.2) is 29.6 Å². The fourth-order valence-electron chi connectivity index (χ4n) is 1.57. The first-order valence-corrected chi connectivity index (χ1v) is 6.55. The molecular weight excluding hydrogens is 282 g/mol. The van der Waals surface area contributed by atoms with E-state index < -0.39 is 6.61 Å². The highest BCUT2D eigenvalue weighted by molar-refractivity contribution is 7.11. The van der Waals surface area contributed by atoms with E-state index in [0.717, 1.165) is 5.69 Å². The van der Waals surface area contributed by atoms with Crippen LogP contribution in [0.2, 0.25) is 0 Å². The summed E-state index contributed by atoms with van der Waals surface area (Å²) in [6.07, 6.45) is 1.59. The van der Waals surface area contributed by atoms with Crippen molar-refractivity contribution in [1.82, 2.24) is 4.98 Å². The van der Waals surface area contributed by atoms with Gasteiger partial charge in [0, 0.05) is 11.1 Å². The van der Waals surface area contributed by atoms with Gasteiger partial charge in [0.1, 0.15) is 16.8 Å². The summed E-state index contributed by atoms with van der Waals surface area (Å²) >= 11 is 1.36. The van der Waals surface area contributed by atoms with Gasteiger partial charge in [-0.2, -0.15) is 14.0 Å². The molecule has 0 N–H and O–H groups in total. The molecule has 0 bridgehead atoms. The summed E-state index contributed by atoms with van der Waals surface area (Å²) in [5.41, 5.74) is 1.82. The molecule has 0 aliphatic carbocycles. The Morgan fingerprint density at radius 2 is 2.30 bits per heavy atom. The van der Waals surface area contributed by atoms with Gasteiger partial charge in [-0.25, -0.2) is 4.98 Å². The van der Waals surface area contributed by atoms with Crippen LogP contribution >= 0.6 is 11.3 Å². The van der Waals surface area contributed by atoms with Gasteiger partial charge in [-0.05, 0) is 30.7 Å². The molecule has 0 spiro atoms. The number of hydrogen-bond acceptors (Lipinski definition) is 4. The summed E-state index contributed by atoms with van der Waals surface area (Å²) in [6, 6.07) is 8.24. The molecule has 0 aliphatic heterocycles. The second-order valence-electron chi connectivity index (χ2n) is 3.91. The minimum Gasteiger partial charge on any atom is -0.435 e. The van der Waals surface area contributed by atoms with Crippen molar-refractivity contribution in [1.29, 1.82) is 5.26 Å². The molecule has 0 saturated heterocycles. The van der Waals surface area contributed by atoms with E-state index in [1.165, 1.54) is 23.5 Å². The number of allylic oxidation sites excluding steroid dienone is 1. The maximum Gasteiger partial charge on any atom is 0.387 e. The zero-order chi connectivity index (χ0) is 14.5. The van der Waals surface area contributed by atoms with E-state index in [0.29, 0.717) is 16.1 Å². The summed E-state index contributed by atoms with van der Waals surface area (Å²) in [7, 11) is 0. The van der Waals surface area contributed by atoms with Crippen molar-refractivity contribution in [3.8, 4) is 11.8 Å². The van der Waals surface area contributed by atoms with E-state index >= 15 is 0 Å². The molecule has 0 fully saturated rings. The smallest absolute Gasteiger partial charge is 0.387 e. The Kier molecular flexibility index (Phi) is 4.43. The van der Waals surface area contributed by atoms with Crippen LogP contribution in [-0.4, -0.2) is 11.6 Å². The lowest BCUT2D eigenvalue weighted by Gasteiger charge is -2.04. The van der Waals surface area contributed by atoms with Crippen molar-refractivity contribution in [3.63, 3.8) is 0 Å². The van der Waals surface area contributed by atoms with Gasteiger partial charge < -0.3 is 4.74 Å². The van der Waals surface area contributed by atoms with E-state index in [2.05, 4.69) is 15.8 Å². The number of hydrogen-bond donors (Lipinski definition) is 0. The highest BCUT2D eigenvalue weighted by Crippen LogP contribution is 2.23. The highest BCUT2D eigenvalue weighted by atomic mass is 32.1. The molecule has 0 unspecified atom stereocenters. The molecule has 0 amide bonds. The summed E-state index contributed by atoms with van der Waals surface area (Å²) in [5.74, 6) is 0.0568. The van der Waals surface area contributed by atoms with E-state index in [1.807, 2.05) is 12.3 Å². The largest absolute Gasteiger partial charge is 0.435 e. The van der Waals surface area contributed by atoms with Gasteiger partial charge >= 0.3 is 6.61 Å². The number of ether oxygens (including phenoxy) is 1. The SMILES string of the molecule is Cc1csc(/C(C#N)=C\c2cccc(OC(F)F)c2)n1. The van der Waals surface area contributed by atoms with Gasteiger partial charge in [0.2, 0.25) is 0 Å². The monoisotopic (exact) mass is 292 g/mol. The molecule has 3 nitrogen and oxygen atoms in total. The molecule has 102 valence electrons. The van der Waals surface area contributed by atoms with Gasteiger partial charge in [0.25, 0.3) is 0 Å². The number of thiazole rings is 1. The van der Waals surface area contributed by atoms with E-state index in [9.17, 15) is 8.78 Å². The van der Waals surface area contributed by atoms with E-state index in [-0.39, 0.29) is 5.75 Å². The van der Waals surface area contributed by atoms with Crippen LogP contribution in [-0.2, 0) is 0 Å². The fourth-order valence-corrected chi connectivity index (χ4v) is 2.33. The average molecular weight is 292 g/mol. The third kappa shape index (κ3) is 3.62. The Morgan fingerprint density at radius 3 is 2.90 bits per heavy atom. The minimum atomic E-state index is -2.87. The molecule has 1 aromatic carbocycles. The van der Waals surface area contributed by atoms with Crippen molar-refractivity contribution < 1.29 is 13.5 Å².